The molecule has 0 radical (unpaired) electrons. The maximum Gasteiger partial charge on any atom is 0.0162 e. The lowest BCUT2D eigenvalue weighted by Gasteiger charge is -2.06. The Morgan fingerprint density at radius 1 is 1.45 bits per heavy atom. The molecule has 0 unspecified atom stereocenters. The summed E-state index contributed by atoms with van der Waals surface area (Å²) in [5.41, 5.74) is 7.04. The van der Waals surface area contributed by atoms with Gasteiger partial charge in [-0.05, 0) is 47.6 Å². The minimum Gasteiger partial charge on any atom is -0.328 e. The third kappa shape index (κ3) is 2.79. The summed E-state index contributed by atoms with van der Waals surface area (Å²) in [6, 6.07) is 8.60. The van der Waals surface area contributed by atoms with Crippen molar-refractivity contribution < 1.29 is 0 Å². The van der Waals surface area contributed by atoms with Crippen molar-refractivity contribution in [2.24, 2.45) is 5.73 Å². The fourth-order valence-corrected chi connectivity index (χ4v) is 1.62. The molecule has 11 heavy (non-hydrogen) atoms. The molecule has 0 aliphatic carbocycles. The van der Waals surface area contributed by atoms with E-state index in [1.165, 1.54) is 9.13 Å². The zero-order chi connectivity index (χ0) is 8.27. The fourth-order valence-electron chi connectivity index (χ4n) is 1.01. The summed E-state index contributed by atoms with van der Waals surface area (Å²) in [5.74, 6) is 0. The number of nitrogens with two attached hydrogens (primary N) is 1. The van der Waals surface area contributed by atoms with E-state index in [0.717, 1.165) is 6.42 Å². The number of hydrogen-bond donors (Lipinski definition) is 1. The van der Waals surface area contributed by atoms with Gasteiger partial charge >= 0.3 is 0 Å². The van der Waals surface area contributed by atoms with Crippen LogP contribution in [0.1, 0.15) is 12.5 Å². The van der Waals surface area contributed by atoms with Gasteiger partial charge in [0.25, 0.3) is 0 Å². The predicted molar refractivity (Wildman–Crippen MR) is 56.5 cm³/mol. The molecule has 0 fully saturated rings. The molecule has 0 saturated heterocycles. The van der Waals surface area contributed by atoms with Crippen molar-refractivity contribution in [3.05, 3.63) is 33.4 Å². The van der Waals surface area contributed by atoms with Crippen LogP contribution in [0.3, 0.4) is 0 Å². The Morgan fingerprint density at radius 3 is 2.64 bits per heavy atom. The van der Waals surface area contributed by atoms with E-state index >= 15 is 0 Å². The van der Waals surface area contributed by atoms with Gasteiger partial charge in [-0.15, -0.1) is 0 Å². The zero-order valence-corrected chi connectivity index (χ0v) is 8.71. The van der Waals surface area contributed by atoms with Crippen LogP contribution in [0, 0.1) is 3.57 Å². The number of rotatable bonds is 2. The van der Waals surface area contributed by atoms with E-state index < -0.39 is 0 Å². The van der Waals surface area contributed by atoms with Crippen molar-refractivity contribution >= 4 is 22.6 Å². The lowest BCUT2D eigenvalue weighted by atomic mass is 10.1. The van der Waals surface area contributed by atoms with Crippen molar-refractivity contribution in [1.29, 1.82) is 0 Å². The Balaban J connectivity index is 2.78. The first kappa shape index (κ1) is 9.00. The number of benzene rings is 1. The van der Waals surface area contributed by atoms with Crippen molar-refractivity contribution in [2.75, 3.05) is 0 Å². The van der Waals surface area contributed by atoms with Crippen LogP contribution in [0.15, 0.2) is 24.3 Å². The Hall–Kier alpha value is -0.0900. The van der Waals surface area contributed by atoms with Gasteiger partial charge in [0.15, 0.2) is 0 Å². The second-order valence-electron chi connectivity index (χ2n) is 2.77. The second-order valence-corrected chi connectivity index (χ2v) is 3.94. The molecule has 0 aliphatic heterocycles. The lowest BCUT2D eigenvalue weighted by molar-refractivity contribution is 0.736. The standard InChI is InChI=1S/C9H12IN/c1-7(11)6-8-4-2-3-5-9(8)10/h2-5,7H,6,11H2,1H3/t7-/m0/s1. The fraction of sp³-hybridized carbons (Fsp3) is 0.333. The van der Waals surface area contributed by atoms with Gasteiger partial charge in [-0.25, -0.2) is 0 Å². The molecule has 0 saturated carbocycles. The van der Waals surface area contributed by atoms with E-state index in [9.17, 15) is 0 Å². The van der Waals surface area contributed by atoms with E-state index in [-0.39, 0.29) is 6.04 Å². The highest BCUT2D eigenvalue weighted by Crippen LogP contribution is 2.12. The van der Waals surface area contributed by atoms with E-state index in [0.29, 0.717) is 0 Å². The molecular formula is C9H12IN. The van der Waals surface area contributed by atoms with Gasteiger partial charge in [0.1, 0.15) is 0 Å². The van der Waals surface area contributed by atoms with E-state index in [1.54, 1.807) is 0 Å². The summed E-state index contributed by atoms with van der Waals surface area (Å²) in [4.78, 5) is 0. The zero-order valence-electron chi connectivity index (χ0n) is 6.55. The van der Waals surface area contributed by atoms with Crippen molar-refractivity contribution in [2.45, 2.75) is 19.4 Å². The molecule has 2 N–H and O–H groups in total. The molecule has 1 atom stereocenters. The SMILES string of the molecule is C[C@H](N)Cc1ccccc1I. The molecule has 1 aromatic rings. The summed E-state index contributed by atoms with van der Waals surface area (Å²) in [6.07, 6.45) is 0.971. The van der Waals surface area contributed by atoms with Crippen LogP contribution in [0.2, 0.25) is 0 Å². The molecule has 2 heteroatoms. The minimum absolute atomic E-state index is 0.255. The van der Waals surface area contributed by atoms with E-state index in [4.69, 9.17) is 5.73 Å². The number of hydrogen-bond acceptors (Lipinski definition) is 1. The highest BCUT2D eigenvalue weighted by atomic mass is 127. The van der Waals surface area contributed by atoms with E-state index in [1.807, 2.05) is 13.0 Å². The van der Waals surface area contributed by atoms with Crippen LogP contribution in [0.25, 0.3) is 0 Å². The predicted octanol–water partition coefficient (Wildman–Crippen LogP) is 2.18. The highest BCUT2D eigenvalue weighted by molar-refractivity contribution is 14.1. The van der Waals surface area contributed by atoms with Crippen LogP contribution < -0.4 is 5.73 Å². The first-order valence-electron chi connectivity index (χ1n) is 3.69. The molecule has 0 bridgehead atoms. The summed E-state index contributed by atoms with van der Waals surface area (Å²) in [5, 5.41) is 0. The molecule has 60 valence electrons. The van der Waals surface area contributed by atoms with Gasteiger partial charge in [-0.1, -0.05) is 18.2 Å². The minimum atomic E-state index is 0.255. The van der Waals surface area contributed by atoms with Crippen molar-refractivity contribution in [1.82, 2.24) is 0 Å². The van der Waals surface area contributed by atoms with Crippen molar-refractivity contribution in [3.63, 3.8) is 0 Å². The van der Waals surface area contributed by atoms with Crippen LogP contribution in [-0.4, -0.2) is 6.04 Å². The third-order valence-corrected chi connectivity index (χ3v) is 2.55. The molecule has 0 aliphatic rings. The molecule has 0 amide bonds. The third-order valence-electron chi connectivity index (χ3n) is 1.50. The van der Waals surface area contributed by atoms with Crippen molar-refractivity contribution in [3.8, 4) is 0 Å². The lowest BCUT2D eigenvalue weighted by Crippen LogP contribution is -2.18. The van der Waals surface area contributed by atoms with Crippen LogP contribution in [0.4, 0.5) is 0 Å². The Labute approximate surface area is 81.1 Å². The molecule has 0 spiro atoms. The van der Waals surface area contributed by atoms with Gasteiger partial charge < -0.3 is 5.73 Å². The first-order valence-corrected chi connectivity index (χ1v) is 4.77. The normalized spacial score (nSPS) is 13.0. The van der Waals surface area contributed by atoms with Gasteiger partial charge in [0, 0.05) is 9.61 Å². The summed E-state index contributed by atoms with van der Waals surface area (Å²) < 4.78 is 1.31. The van der Waals surface area contributed by atoms with Gasteiger partial charge in [-0.2, -0.15) is 0 Å². The molecule has 1 rings (SSSR count). The topological polar surface area (TPSA) is 26.0 Å². The van der Waals surface area contributed by atoms with E-state index in [2.05, 4.69) is 40.8 Å². The summed E-state index contributed by atoms with van der Waals surface area (Å²) in [7, 11) is 0. The summed E-state index contributed by atoms with van der Waals surface area (Å²) in [6.45, 7) is 2.03. The average molecular weight is 261 g/mol. The smallest absolute Gasteiger partial charge is 0.0162 e. The average Bonchev–Trinajstić information content (AvgIpc) is 1.93. The van der Waals surface area contributed by atoms with Crippen LogP contribution in [-0.2, 0) is 6.42 Å². The van der Waals surface area contributed by atoms with Gasteiger partial charge in [0.05, 0.1) is 0 Å². The molecule has 0 aromatic heterocycles. The molecule has 0 heterocycles. The highest BCUT2D eigenvalue weighted by Gasteiger charge is 2.00. The number of halogens is 1. The van der Waals surface area contributed by atoms with Crippen LogP contribution >= 0.6 is 22.6 Å². The van der Waals surface area contributed by atoms with Gasteiger partial charge in [0.2, 0.25) is 0 Å². The Bertz CT molecular complexity index is 233. The van der Waals surface area contributed by atoms with Gasteiger partial charge in [-0.3, -0.25) is 0 Å². The summed E-state index contributed by atoms with van der Waals surface area (Å²) >= 11 is 2.34. The quantitative estimate of drug-likeness (QED) is 0.811. The Morgan fingerprint density at radius 2 is 2.09 bits per heavy atom. The maximum absolute atomic E-state index is 5.69. The molecule has 1 nitrogen and oxygen atoms in total. The second kappa shape index (κ2) is 4.07. The van der Waals surface area contributed by atoms with Crippen LogP contribution in [0.5, 0.6) is 0 Å². The maximum atomic E-state index is 5.69. The first-order chi connectivity index (χ1) is 5.20. The molecule has 1 aromatic carbocycles. The largest absolute Gasteiger partial charge is 0.328 e. The molecular weight excluding hydrogens is 249 g/mol. The Kier molecular flexibility index (Phi) is 3.33. The monoisotopic (exact) mass is 261 g/mol.